The summed E-state index contributed by atoms with van der Waals surface area (Å²) in [6.45, 7) is 2.36. The highest BCUT2D eigenvalue weighted by Gasteiger charge is 2.08. The number of hydrogen-bond donors (Lipinski definition) is 1. The van der Waals surface area contributed by atoms with Gasteiger partial charge in [0.05, 0.1) is 19.4 Å². The fourth-order valence-electron chi connectivity index (χ4n) is 2.12. The lowest BCUT2D eigenvalue weighted by Crippen LogP contribution is -2.13. The first-order valence-corrected chi connectivity index (χ1v) is 8.27. The molecule has 0 bridgehead atoms. The molecule has 128 valence electrons. The van der Waals surface area contributed by atoms with Gasteiger partial charge in [-0.15, -0.1) is 0 Å². The number of benzene rings is 2. The summed E-state index contributed by atoms with van der Waals surface area (Å²) in [5, 5.41) is 4.04. The fourth-order valence-corrected chi connectivity index (χ4v) is 2.41. The zero-order valence-corrected chi connectivity index (χ0v) is 15.1. The predicted molar refractivity (Wildman–Crippen MR) is 97.6 cm³/mol. The highest BCUT2D eigenvalue weighted by molar-refractivity contribution is 6.31. The summed E-state index contributed by atoms with van der Waals surface area (Å²) < 4.78 is 10.8. The van der Waals surface area contributed by atoms with Gasteiger partial charge in [0, 0.05) is 16.5 Å². The maximum atomic E-state index is 12.0. The molecular formula is C18H19Cl2NO3. The molecule has 0 saturated heterocycles. The second-order valence-corrected chi connectivity index (χ2v) is 6.10. The molecule has 0 radical (unpaired) electrons. The number of carbonyl (C=O) groups excluding carboxylic acids is 1. The van der Waals surface area contributed by atoms with Gasteiger partial charge in [0.2, 0.25) is 5.91 Å². The van der Waals surface area contributed by atoms with Crippen molar-refractivity contribution in [2.75, 3.05) is 19.0 Å². The first-order chi connectivity index (χ1) is 11.5. The van der Waals surface area contributed by atoms with Crippen molar-refractivity contribution in [3.63, 3.8) is 0 Å². The van der Waals surface area contributed by atoms with Gasteiger partial charge in [0.15, 0.2) is 0 Å². The molecule has 0 fully saturated rings. The second-order valence-electron chi connectivity index (χ2n) is 5.26. The maximum absolute atomic E-state index is 12.0. The van der Waals surface area contributed by atoms with Gasteiger partial charge in [-0.25, -0.2) is 0 Å². The zero-order valence-electron chi connectivity index (χ0n) is 13.6. The molecule has 0 atom stereocenters. The molecule has 4 nitrogen and oxygen atoms in total. The van der Waals surface area contributed by atoms with Gasteiger partial charge in [-0.3, -0.25) is 4.79 Å². The molecule has 0 spiro atoms. The van der Waals surface area contributed by atoms with Gasteiger partial charge in [0.25, 0.3) is 0 Å². The van der Waals surface area contributed by atoms with Crippen molar-refractivity contribution in [2.45, 2.75) is 19.8 Å². The largest absolute Gasteiger partial charge is 0.495 e. The van der Waals surface area contributed by atoms with E-state index in [0.29, 0.717) is 40.9 Å². The van der Waals surface area contributed by atoms with E-state index in [1.807, 2.05) is 19.1 Å². The number of methoxy groups -OCH3 is 1. The van der Waals surface area contributed by atoms with E-state index in [9.17, 15) is 4.79 Å². The van der Waals surface area contributed by atoms with Crippen molar-refractivity contribution in [1.82, 2.24) is 0 Å². The van der Waals surface area contributed by atoms with Crippen molar-refractivity contribution >= 4 is 34.8 Å². The number of amides is 1. The van der Waals surface area contributed by atoms with Gasteiger partial charge < -0.3 is 14.8 Å². The molecule has 2 rings (SSSR count). The average Bonchev–Trinajstić information content (AvgIpc) is 2.55. The van der Waals surface area contributed by atoms with Crippen LogP contribution in [-0.4, -0.2) is 19.6 Å². The van der Waals surface area contributed by atoms with Gasteiger partial charge in [-0.05, 0) is 55.3 Å². The highest BCUT2D eigenvalue weighted by Crippen LogP contribution is 2.27. The predicted octanol–water partition coefficient (Wildman–Crippen LogP) is 5.11. The summed E-state index contributed by atoms with van der Waals surface area (Å²) in [4.78, 5) is 12.0. The quantitative estimate of drug-likeness (QED) is 0.691. The van der Waals surface area contributed by atoms with Crippen LogP contribution in [0.3, 0.4) is 0 Å². The summed E-state index contributed by atoms with van der Waals surface area (Å²) in [7, 11) is 1.54. The van der Waals surface area contributed by atoms with Crippen LogP contribution >= 0.6 is 23.2 Å². The summed E-state index contributed by atoms with van der Waals surface area (Å²) in [5.74, 6) is 1.20. The Morgan fingerprint density at radius 2 is 1.96 bits per heavy atom. The molecule has 24 heavy (non-hydrogen) atoms. The van der Waals surface area contributed by atoms with Crippen molar-refractivity contribution in [2.24, 2.45) is 0 Å². The second kappa shape index (κ2) is 8.81. The van der Waals surface area contributed by atoms with Crippen LogP contribution in [0.15, 0.2) is 36.4 Å². The van der Waals surface area contributed by atoms with E-state index in [2.05, 4.69) is 5.32 Å². The van der Waals surface area contributed by atoms with Crippen LogP contribution in [0.1, 0.15) is 18.4 Å². The van der Waals surface area contributed by atoms with Crippen molar-refractivity contribution in [3.05, 3.63) is 52.0 Å². The van der Waals surface area contributed by atoms with Gasteiger partial charge in [-0.1, -0.05) is 23.2 Å². The minimum Gasteiger partial charge on any atom is -0.495 e. The molecule has 0 aromatic heterocycles. The van der Waals surface area contributed by atoms with Crippen molar-refractivity contribution < 1.29 is 14.3 Å². The molecule has 2 aromatic carbocycles. The van der Waals surface area contributed by atoms with Crippen molar-refractivity contribution in [3.8, 4) is 11.5 Å². The topological polar surface area (TPSA) is 47.6 Å². The van der Waals surface area contributed by atoms with Gasteiger partial charge in [-0.2, -0.15) is 0 Å². The number of hydrogen-bond acceptors (Lipinski definition) is 3. The molecule has 6 heteroatoms. The Hall–Kier alpha value is -1.91. The molecule has 0 heterocycles. The van der Waals surface area contributed by atoms with Crippen LogP contribution in [0.2, 0.25) is 10.0 Å². The lowest BCUT2D eigenvalue weighted by molar-refractivity contribution is -0.116. The molecule has 0 unspecified atom stereocenters. The lowest BCUT2D eigenvalue weighted by atomic mass is 10.2. The first-order valence-electron chi connectivity index (χ1n) is 7.52. The third kappa shape index (κ3) is 5.32. The minimum atomic E-state index is -0.119. The Bertz CT molecular complexity index is 719. The van der Waals surface area contributed by atoms with Crippen LogP contribution in [0.4, 0.5) is 5.69 Å². The van der Waals surface area contributed by atoms with Crippen LogP contribution < -0.4 is 14.8 Å². The average molecular weight is 368 g/mol. The Kier molecular flexibility index (Phi) is 6.76. The summed E-state index contributed by atoms with van der Waals surface area (Å²) in [6, 6.07) is 10.6. The summed E-state index contributed by atoms with van der Waals surface area (Å²) >= 11 is 11.9. The molecule has 1 amide bonds. The van der Waals surface area contributed by atoms with E-state index in [1.54, 1.807) is 31.4 Å². The third-order valence-electron chi connectivity index (χ3n) is 3.38. The Labute approximate surface area is 151 Å². The number of halogens is 2. The van der Waals surface area contributed by atoms with E-state index in [-0.39, 0.29) is 5.91 Å². The van der Waals surface area contributed by atoms with Crippen LogP contribution in [0.5, 0.6) is 11.5 Å². The molecule has 0 aliphatic carbocycles. The molecule has 1 N–H and O–H groups in total. The number of nitrogens with one attached hydrogen (secondary N) is 1. The number of rotatable bonds is 7. The standard InChI is InChI=1S/C18H19Cl2NO3/c1-12-10-14(6-7-15(12)20)24-9-3-4-18(22)21-16-11-13(19)5-8-17(16)23-2/h5-8,10-11H,3-4,9H2,1-2H3,(H,21,22). The summed E-state index contributed by atoms with van der Waals surface area (Å²) in [5.41, 5.74) is 1.52. The molecule has 0 aliphatic rings. The van der Waals surface area contributed by atoms with E-state index in [1.165, 1.54) is 0 Å². The molecule has 0 saturated carbocycles. The first kappa shape index (κ1) is 18.4. The van der Waals surface area contributed by atoms with E-state index < -0.39 is 0 Å². The maximum Gasteiger partial charge on any atom is 0.224 e. The smallest absolute Gasteiger partial charge is 0.224 e. The normalized spacial score (nSPS) is 10.3. The van der Waals surface area contributed by atoms with E-state index in [4.69, 9.17) is 32.7 Å². The van der Waals surface area contributed by atoms with E-state index >= 15 is 0 Å². The van der Waals surface area contributed by atoms with Gasteiger partial charge >= 0.3 is 0 Å². The fraction of sp³-hybridized carbons (Fsp3) is 0.278. The van der Waals surface area contributed by atoms with Crippen LogP contribution in [0, 0.1) is 6.92 Å². The number of carbonyl (C=O) groups is 1. The molecule has 0 aliphatic heterocycles. The number of anilines is 1. The SMILES string of the molecule is COc1ccc(Cl)cc1NC(=O)CCCOc1ccc(Cl)c(C)c1. The monoisotopic (exact) mass is 367 g/mol. The Morgan fingerprint density at radius 1 is 1.17 bits per heavy atom. The lowest BCUT2D eigenvalue weighted by Gasteiger charge is -2.11. The highest BCUT2D eigenvalue weighted by atomic mass is 35.5. The van der Waals surface area contributed by atoms with Crippen molar-refractivity contribution in [1.29, 1.82) is 0 Å². The Morgan fingerprint density at radius 3 is 2.67 bits per heavy atom. The van der Waals surface area contributed by atoms with Gasteiger partial charge in [0.1, 0.15) is 11.5 Å². The molecule has 2 aromatic rings. The minimum absolute atomic E-state index is 0.119. The van der Waals surface area contributed by atoms with Crippen LogP contribution in [0.25, 0.3) is 0 Å². The zero-order chi connectivity index (χ0) is 17.5. The number of ether oxygens (including phenoxy) is 2. The summed E-state index contributed by atoms with van der Waals surface area (Å²) in [6.07, 6.45) is 0.929. The third-order valence-corrected chi connectivity index (χ3v) is 4.04. The van der Waals surface area contributed by atoms with Crippen LogP contribution in [-0.2, 0) is 4.79 Å². The van der Waals surface area contributed by atoms with E-state index in [0.717, 1.165) is 11.3 Å². The number of aryl methyl sites for hydroxylation is 1. The Balaban J connectivity index is 1.79. The molecular weight excluding hydrogens is 349 g/mol.